The number of carbonyl (C=O) groups excluding carboxylic acids is 1. The van der Waals surface area contributed by atoms with Crippen molar-refractivity contribution in [1.29, 1.82) is 0 Å². The Kier molecular flexibility index (Phi) is 7.72. The minimum absolute atomic E-state index is 0.00158. The molecule has 4 atom stereocenters. The first-order valence-electron chi connectivity index (χ1n) is 12.7. The van der Waals surface area contributed by atoms with Gasteiger partial charge in [-0.25, -0.2) is 0 Å². The topological polar surface area (TPSA) is 77.8 Å². The number of hydrogen-bond donors (Lipinski definition) is 2. The van der Waals surface area contributed by atoms with E-state index in [0.29, 0.717) is 13.1 Å². The van der Waals surface area contributed by atoms with E-state index in [-0.39, 0.29) is 42.0 Å². The van der Waals surface area contributed by atoms with Crippen LogP contribution in [0.5, 0.6) is 0 Å². The quantitative estimate of drug-likeness (QED) is 0.558. The number of carbonyl (C=O) groups is 1. The van der Waals surface area contributed by atoms with E-state index in [9.17, 15) is 14.7 Å². The summed E-state index contributed by atoms with van der Waals surface area (Å²) in [5.74, 6) is -0.0945. The first-order valence-corrected chi connectivity index (χ1v) is 12.7. The lowest BCUT2D eigenvalue weighted by Gasteiger charge is -2.30. The number of aromatic nitrogens is 1. The zero-order valence-electron chi connectivity index (χ0n) is 20.4. The molecule has 0 saturated carbocycles. The normalized spacial score (nSPS) is 26.9. The molecule has 4 rings (SSSR count). The SMILES string of the molecule is CCCN1[C@@H]2c3ccc(C4=CCCCC4)c(=O)n3C[C@@H]2[C@@H](CO)[C@@H]1C(=O)NCCCN(C)C. The number of likely N-dealkylation sites (tertiary alicyclic amines) is 1. The van der Waals surface area contributed by atoms with Crippen LogP contribution in [0, 0.1) is 11.8 Å². The van der Waals surface area contributed by atoms with Gasteiger partial charge in [-0.3, -0.25) is 14.5 Å². The fourth-order valence-electron chi connectivity index (χ4n) is 6.16. The summed E-state index contributed by atoms with van der Waals surface area (Å²) in [5, 5.41) is 13.5. The molecule has 182 valence electrons. The Morgan fingerprint density at radius 2 is 2.09 bits per heavy atom. The highest BCUT2D eigenvalue weighted by atomic mass is 16.3. The summed E-state index contributed by atoms with van der Waals surface area (Å²) in [6.45, 7) is 4.99. The van der Waals surface area contributed by atoms with Crippen LogP contribution in [0.3, 0.4) is 0 Å². The van der Waals surface area contributed by atoms with E-state index in [1.54, 1.807) is 0 Å². The number of aliphatic hydroxyl groups is 1. The van der Waals surface area contributed by atoms with Gasteiger partial charge in [0, 0.05) is 42.8 Å². The van der Waals surface area contributed by atoms with Crippen molar-refractivity contribution >= 4 is 11.5 Å². The lowest BCUT2D eigenvalue weighted by atomic mass is 9.88. The Balaban J connectivity index is 1.60. The molecule has 2 N–H and O–H groups in total. The molecule has 1 amide bonds. The van der Waals surface area contributed by atoms with E-state index in [2.05, 4.69) is 34.2 Å². The molecule has 0 spiro atoms. The highest BCUT2D eigenvalue weighted by Crippen LogP contribution is 2.49. The summed E-state index contributed by atoms with van der Waals surface area (Å²) < 4.78 is 1.93. The van der Waals surface area contributed by atoms with Crippen molar-refractivity contribution in [3.8, 4) is 0 Å². The predicted molar refractivity (Wildman–Crippen MR) is 131 cm³/mol. The minimum atomic E-state index is -0.353. The van der Waals surface area contributed by atoms with Crippen molar-refractivity contribution in [1.82, 2.24) is 19.7 Å². The number of nitrogens with one attached hydrogen (secondary N) is 1. The number of pyridine rings is 1. The van der Waals surface area contributed by atoms with Crippen molar-refractivity contribution in [2.75, 3.05) is 40.3 Å². The van der Waals surface area contributed by atoms with Crippen LogP contribution in [0.1, 0.15) is 62.7 Å². The number of allylic oxidation sites excluding steroid dienone is 2. The van der Waals surface area contributed by atoms with Gasteiger partial charge in [-0.2, -0.15) is 0 Å². The molecule has 1 aromatic heterocycles. The number of amides is 1. The lowest BCUT2D eigenvalue weighted by molar-refractivity contribution is -0.127. The van der Waals surface area contributed by atoms with E-state index in [0.717, 1.165) is 56.5 Å². The number of nitrogens with zero attached hydrogens (tertiary/aromatic N) is 3. The third-order valence-electron chi connectivity index (χ3n) is 7.66. The van der Waals surface area contributed by atoms with Crippen LogP contribution in [0.15, 0.2) is 23.0 Å². The molecule has 0 bridgehead atoms. The van der Waals surface area contributed by atoms with Gasteiger partial charge in [-0.1, -0.05) is 13.0 Å². The molecule has 1 aromatic rings. The minimum Gasteiger partial charge on any atom is -0.396 e. The molecule has 2 aliphatic heterocycles. The van der Waals surface area contributed by atoms with Crippen molar-refractivity contribution < 1.29 is 9.90 Å². The van der Waals surface area contributed by atoms with Gasteiger partial charge >= 0.3 is 0 Å². The molecule has 1 aliphatic carbocycles. The van der Waals surface area contributed by atoms with Crippen molar-refractivity contribution in [2.45, 2.75) is 64.1 Å². The van der Waals surface area contributed by atoms with Gasteiger partial charge in [0.1, 0.15) is 0 Å². The Morgan fingerprint density at radius 1 is 1.27 bits per heavy atom. The molecule has 0 unspecified atom stereocenters. The average Bonchev–Trinajstić information content (AvgIpc) is 3.33. The lowest BCUT2D eigenvalue weighted by Crippen LogP contribution is -2.49. The molecular formula is C26H40N4O3. The van der Waals surface area contributed by atoms with Gasteiger partial charge < -0.3 is 19.9 Å². The van der Waals surface area contributed by atoms with E-state index in [4.69, 9.17) is 0 Å². The maximum atomic E-state index is 13.5. The average molecular weight is 457 g/mol. The summed E-state index contributed by atoms with van der Waals surface area (Å²) >= 11 is 0. The van der Waals surface area contributed by atoms with Crippen LogP contribution in [0.4, 0.5) is 0 Å². The van der Waals surface area contributed by atoms with Gasteiger partial charge in [0.2, 0.25) is 5.91 Å². The number of aliphatic hydroxyl groups excluding tert-OH is 1. The fraction of sp³-hybridized carbons (Fsp3) is 0.692. The van der Waals surface area contributed by atoms with Gasteiger partial charge in [-0.05, 0) is 83.4 Å². The maximum Gasteiger partial charge on any atom is 0.258 e. The Hall–Kier alpha value is -1.96. The molecule has 0 radical (unpaired) electrons. The van der Waals surface area contributed by atoms with Gasteiger partial charge in [0.25, 0.3) is 5.56 Å². The highest BCUT2D eigenvalue weighted by Gasteiger charge is 2.55. The molecule has 0 aromatic carbocycles. The van der Waals surface area contributed by atoms with Crippen LogP contribution >= 0.6 is 0 Å². The maximum absolute atomic E-state index is 13.5. The summed E-state index contributed by atoms with van der Waals surface area (Å²) in [6, 6.07) is 3.75. The van der Waals surface area contributed by atoms with Crippen molar-refractivity contribution in [3.05, 3.63) is 39.8 Å². The first-order chi connectivity index (χ1) is 16.0. The molecule has 33 heavy (non-hydrogen) atoms. The van der Waals surface area contributed by atoms with Crippen molar-refractivity contribution in [2.24, 2.45) is 11.8 Å². The summed E-state index contributed by atoms with van der Waals surface area (Å²) in [7, 11) is 4.06. The molecule has 7 heteroatoms. The molecule has 1 fully saturated rings. The summed E-state index contributed by atoms with van der Waals surface area (Å²) in [4.78, 5) is 31.1. The Morgan fingerprint density at radius 3 is 2.76 bits per heavy atom. The smallest absolute Gasteiger partial charge is 0.258 e. The Bertz CT molecular complexity index is 938. The fourth-order valence-corrected chi connectivity index (χ4v) is 6.16. The number of rotatable bonds is 9. The summed E-state index contributed by atoms with van der Waals surface area (Å²) in [5.41, 5.74) is 3.10. The number of fused-ring (bicyclic) bond motifs is 3. The van der Waals surface area contributed by atoms with E-state index in [1.165, 1.54) is 12.0 Å². The molecule has 3 heterocycles. The van der Waals surface area contributed by atoms with Crippen LogP contribution in [-0.2, 0) is 11.3 Å². The number of hydrogen-bond acceptors (Lipinski definition) is 5. The van der Waals surface area contributed by atoms with E-state index in [1.807, 2.05) is 24.7 Å². The molecule has 7 nitrogen and oxygen atoms in total. The van der Waals surface area contributed by atoms with Crippen molar-refractivity contribution in [3.63, 3.8) is 0 Å². The molecular weight excluding hydrogens is 416 g/mol. The van der Waals surface area contributed by atoms with Crippen LogP contribution < -0.4 is 10.9 Å². The highest BCUT2D eigenvalue weighted by molar-refractivity contribution is 5.82. The molecule has 3 aliphatic rings. The van der Waals surface area contributed by atoms with Crippen LogP contribution in [0.2, 0.25) is 0 Å². The van der Waals surface area contributed by atoms with Gasteiger partial charge in [0.15, 0.2) is 0 Å². The first kappa shape index (κ1) is 24.2. The Labute approximate surface area is 197 Å². The molecule has 1 saturated heterocycles. The largest absolute Gasteiger partial charge is 0.396 e. The van der Waals surface area contributed by atoms with Crippen LogP contribution in [-0.4, -0.2) is 71.8 Å². The second-order valence-electron chi connectivity index (χ2n) is 10.1. The summed E-state index contributed by atoms with van der Waals surface area (Å²) in [6.07, 6.45) is 8.39. The zero-order chi connectivity index (χ0) is 23.5. The van der Waals surface area contributed by atoms with Gasteiger partial charge in [0.05, 0.1) is 12.1 Å². The predicted octanol–water partition coefficient (Wildman–Crippen LogP) is 2.25. The standard InChI is InChI=1S/C26H40N4O3/c1-4-14-29-23-20(21(17-31)24(29)25(32)27-13-8-15-28(2)3)16-30-22(23)12-11-19(26(30)33)18-9-6-5-7-10-18/h9,11-12,20-21,23-24,31H,4-8,10,13-17H2,1-3H3,(H,27,32)/t20-,21-,23+,24-/m1/s1. The second-order valence-corrected chi connectivity index (χ2v) is 10.1. The van der Waals surface area contributed by atoms with Gasteiger partial charge in [-0.15, -0.1) is 0 Å². The van der Waals surface area contributed by atoms with E-state index >= 15 is 0 Å². The monoisotopic (exact) mass is 456 g/mol. The third-order valence-corrected chi connectivity index (χ3v) is 7.66. The zero-order valence-corrected chi connectivity index (χ0v) is 20.4. The third kappa shape index (κ3) is 4.68. The second kappa shape index (κ2) is 10.5. The van der Waals surface area contributed by atoms with E-state index < -0.39 is 0 Å². The van der Waals surface area contributed by atoms with Crippen LogP contribution in [0.25, 0.3) is 5.57 Å².